The first-order chi connectivity index (χ1) is 9.78. The molecule has 1 aliphatic rings. The van der Waals surface area contributed by atoms with Gasteiger partial charge in [0.05, 0.1) is 11.4 Å². The summed E-state index contributed by atoms with van der Waals surface area (Å²) < 4.78 is 1.81. The monoisotopic (exact) mass is 287 g/mol. The Morgan fingerprint density at radius 1 is 1.40 bits per heavy atom. The molecule has 1 fully saturated rings. The maximum Gasteiger partial charge on any atom is 0.115 e. The number of nitrogens with zero attached hydrogens (tertiary/aromatic N) is 3. The molecule has 3 rings (SSSR count). The fourth-order valence-corrected chi connectivity index (χ4v) is 3.02. The molecule has 0 radical (unpaired) electrons. The predicted molar refractivity (Wildman–Crippen MR) is 80.7 cm³/mol. The average Bonchev–Trinajstić information content (AvgIpc) is 3.25. The van der Waals surface area contributed by atoms with Gasteiger partial charge in [0, 0.05) is 23.6 Å². The number of thioether (sulfide) groups is 1. The summed E-state index contributed by atoms with van der Waals surface area (Å²) in [5.74, 6) is 1.24. The van der Waals surface area contributed by atoms with E-state index >= 15 is 0 Å². The van der Waals surface area contributed by atoms with Crippen molar-refractivity contribution in [3.63, 3.8) is 0 Å². The Hall–Kier alpha value is -1.75. The van der Waals surface area contributed by atoms with Gasteiger partial charge in [0.2, 0.25) is 0 Å². The number of hydrogen-bond donors (Lipinski definition) is 1. The molecular formula is C15H17N3OS. The number of hydrogen-bond acceptors (Lipinski definition) is 4. The lowest BCUT2D eigenvalue weighted by Gasteiger charge is -2.04. The van der Waals surface area contributed by atoms with Gasteiger partial charge in [-0.3, -0.25) is 4.68 Å². The van der Waals surface area contributed by atoms with Crippen molar-refractivity contribution in [2.45, 2.75) is 23.7 Å². The fraction of sp³-hybridized carbons (Fsp3) is 0.333. The van der Waals surface area contributed by atoms with Crippen LogP contribution in [0.5, 0.6) is 0 Å². The largest absolute Gasteiger partial charge is 0.411 e. The van der Waals surface area contributed by atoms with Gasteiger partial charge in [0.25, 0.3) is 0 Å². The van der Waals surface area contributed by atoms with Crippen molar-refractivity contribution in [3.8, 4) is 0 Å². The zero-order valence-electron chi connectivity index (χ0n) is 11.4. The minimum atomic E-state index is 0.608. The molecule has 0 atom stereocenters. The summed E-state index contributed by atoms with van der Waals surface area (Å²) in [6, 6.07) is 12.2. The van der Waals surface area contributed by atoms with Gasteiger partial charge >= 0.3 is 0 Å². The fourth-order valence-electron chi connectivity index (χ4n) is 2.16. The quantitative estimate of drug-likeness (QED) is 0.397. The second kappa shape index (κ2) is 5.71. The molecule has 4 nitrogen and oxygen atoms in total. The van der Waals surface area contributed by atoms with Crippen LogP contribution in [0.4, 0.5) is 0 Å². The Bertz CT molecular complexity index is 617. The Labute approximate surface area is 122 Å². The van der Waals surface area contributed by atoms with Crippen molar-refractivity contribution in [1.29, 1.82) is 0 Å². The molecule has 104 valence electrons. The van der Waals surface area contributed by atoms with Gasteiger partial charge in [-0.25, -0.2) is 0 Å². The molecule has 1 saturated carbocycles. The van der Waals surface area contributed by atoms with E-state index in [4.69, 9.17) is 0 Å². The van der Waals surface area contributed by atoms with Crippen molar-refractivity contribution in [2.24, 2.45) is 12.2 Å². The predicted octanol–water partition coefficient (Wildman–Crippen LogP) is 3.27. The second-order valence-corrected chi connectivity index (χ2v) is 6.05. The standard InChI is InChI=1S/C15H17N3OS/c1-18-15(9-13(16-18)11-7-8-11)14(17-19)10-20-12-5-3-2-4-6-12/h2-6,9,11,19H,7-8,10H2,1H3/b17-14+. The van der Waals surface area contributed by atoms with E-state index in [1.165, 1.54) is 17.7 Å². The first-order valence-electron chi connectivity index (χ1n) is 6.71. The number of benzene rings is 1. The normalized spacial score (nSPS) is 15.6. The molecule has 5 heteroatoms. The molecule has 1 heterocycles. The number of aromatic nitrogens is 2. The lowest BCUT2D eigenvalue weighted by Crippen LogP contribution is -2.10. The van der Waals surface area contributed by atoms with E-state index in [1.54, 1.807) is 11.8 Å². The van der Waals surface area contributed by atoms with Crippen LogP contribution in [0.1, 0.15) is 30.1 Å². The second-order valence-electron chi connectivity index (χ2n) is 5.00. The van der Waals surface area contributed by atoms with Crippen LogP contribution in [0.2, 0.25) is 0 Å². The van der Waals surface area contributed by atoms with Crippen molar-refractivity contribution >= 4 is 17.5 Å². The van der Waals surface area contributed by atoms with Crippen LogP contribution in [0.15, 0.2) is 46.4 Å². The first kappa shape index (κ1) is 13.2. The Balaban J connectivity index is 1.73. The maximum atomic E-state index is 9.28. The molecule has 0 aliphatic heterocycles. The van der Waals surface area contributed by atoms with E-state index in [0.717, 1.165) is 11.4 Å². The van der Waals surface area contributed by atoms with Gasteiger partial charge in [-0.15, -0.1) is 11.8 Å². The van der Waals surface area contributed by atoms with Crippen LogP contribution in [-0.2, 0) is 7.05 Å². The molecule has 1 aliphatic carbocycles. The molecule has 0 spiro atoms. The van der Waals surface area contributed by atoms with Crippen LogP contribution >= 0.6 is 11.8 Å². The summed E-state index contributed by atoms with van der Waals surface area (Å²) in [6.07, 6.45) is 2.45. The Kier molecular flexibility index (Phi) is 3.78. The molecule has 1 N–H and O–H groups in total. The minimum absolute atomic E-state index is 0.608. The Morgan fingerprint density at radius 2 is 2.15 bits per heavy atom. The summed E-state index contributed by atoms with van der Waals surface area (Å²) in [6.45, 7) is 0. The van der Waals surface area contributed by atoms with Crippen molar-refractivity contribution in [1.82, 2.24) is 9.78 Å². The van der Waals surface area contributed by atoms with Crippen LogP contribution in [-0.4, -0.2) is 26.5 Å². The first-order valence-corrected chi connectivity index (χ1v) is 7.69. The third kappa shape index (κ3) is 2.88. The van der Waals surface area contributed by atoms with E-state index in [-0.39, 0.29) is 0 Å². The number of oxime groups is 1. The smallest absolute Gasteiger partial charge is 0.115 e. The van der Waals surface area contributed by atoms with Crippen LogP contribution in [0, 0.1) is 0 Å². The van der Waals surface area contributed by atoms with Crippen LogP contribution in [0.25, 0.3) is 0 Å². The van der Waals surface area contributed by atoms with E-state index in [2.05, 4.69) is 28.5 Å². The molecular weight excluding hydrogens is 270 g/mol. The molecule has 1 aromatic heterocycles. The number of aryl methyl sites for hydroxylation is 1. The highest BCUT2D eigenvalue weighted by molar-refractivity contribution is 8.00. The molecule has 2 aromatic rings. The number of rotatable bonds is 5. The Morgan fingerprint density at radius 3 is 2.80 bits per heavy atom. The molecule has 0 amide bonds. The zero-order chi connectivity index (χ0) is 13.9. The highest BCUT2D eigenvalue weighted by atomic mass is 32.2. The maximum absolute atomic E-state index is 9.28. The van der Waals surface area contributed by atoms with Crippen molar-refractivity contribution in [2.75, 3.05) is 5.75 Å². The van der Waals surface area contributed by atoms with Crippen molar-refractivity contribution < 1.29 is 5.21 Å². The van der Waals surface area contributed by atoms with Gasteiger partial charge in [-0.1, -0.05) is 23.4 Å². The summed E-state index contributed by atoms with van der Waals surface area (Å²) in [5, 5.41) is 17.3. The molecule has 1 aromatic carbocycles. The lowest BCUT2D eigenvalue weighted by atomic mass is 10.2. The summed E-state index contributed by atoms with van der Waals surface area (Å²) in [7, 11) is 1.90. The van der Waals surface area contributed by atoms with Gasteiger partial charge in [0.1, 0.15) is 5.71 Å². The summed E-state index contributed by atoms with van der Waals surface area (Å²) in [5.41, 5.74) is 2.69. The van der Waals surface area contributed by atoms with E-state index in [1.807, 2.05) is 29.9 Å². The molecule has 0 saturated heterocycles. The van der Waals surface area contributed by atoms with E-state index in [9.17, 15) is 5.21 Å². The highest BCUT2D eigenvalue weighted by Gasteiger charge is 2.27. The lowest BCUT2D eigenvalue weighted by molar-refractivity contribution is 0.319. The van der Waals surface area contributed by atoms with E-state index in [0.29, 0.717) is 17.4 Å². The third-order valence-electron chi connectivity index (χ3n) is 3.43. The van der Waals surface area contributed by atoms with Gasteiger partial charge in [0.15, 0.2) is 0 Å². The molecule has 20 heavy (non-hydrogen) atoms. The van der Waals surface area contributed by atoms with Crippen LogP contribution in [0.3, 0.4) is 0 Å². The summed E-state index contributed by atoms with van der Waals surface area (Å²) in [4.78, 5) is 1.17. The van der Waals surface area contributed by atoms with Gasteiger partial charge < -0.3 is 5.21 Å². The molecule has 0 unspecified atom stereocenters. The third-order valence-corrected chi connectivity index (χ3v) is 4.45. The molecule has 0 bridgehead atoms. The van der Waals surface area contributed by atoms with Crippen LogP contribution < -0.4 is 0 Å². The SMILES string of the molecule is Cn1nc(C2CC2)cc1/C(CSc1ccccc1)=N/O. The van der Waals surface area contributed by atoms with Gasteiger partial charge in [-0.2, -0.15) is 5.10 Å². The van der Waals surface area contributed by atoms with Crippen molar-refractivity contribution in [3.05, 3.63) is 47.8 Å². The summed E-state index contributed by atoms with van der Waals surface area (Å²) >= 11 is 1.66. The van der Waals surface area contributed by atoms with Gasteiger partial charge in [-0.05, 0) is 31.0 Å². The zero-order valence-corrected chi connectivity index (χ0v) is 12.2. The highest BCUT2D eigenvalue weighted by Crippen LogP contribution is 2.39. The van der Waals surface area contributed by atoms with E-state index < -0.39 is 0 Å². The topological polar surface area (TPSA) is 50.4 Å². The minimum Gasteiger partial charge on any atom is -0.411 e. The average molecular weight is 287 g/mol.